The van der Waals surface area contributed by atoms with E-state index in [-0.39, 0.29) is 22.9 Å². The number of hydrogen-bond donors (Lipinski definition) is 3. The van der Waals surface area contributed by atoms with Gasteiger partial charge in [0.05, 0.1) is 41.2 Å². The molecule has 0 saturated carbocycles. The normalized spacial score (nSPS) is 11.8. The molecule has 8 heteroatoms. The second kappa shape index (κ2) is 8.00. The van der Waals surface area contributed by atoms with Crippen LogP contribution in [0.4, 0.5) is 0 Å². The maximum atomic E-state index is 13.1. The predicted octanol–water partition coefficient (Wildman–Crippen LogP) is 0.693. The van der Waals surface area contributed by atoms with Gasteiger partial charge >= 0.3 is 0 Å². The van der Waals surface area contributed by atoms with Gasteiger partial charge in [0.1, 0.15) is 5.75 Å². The first-order chi connectivity index (χ1) is 14.9. The molecule has 3 N–H and O–H groups in total. The molecular formula is C23H22N4O4. The molecule has 0 aliphatic heterocycles. The van der Waals surface area contributed by atoms with Gasteiger partial charge in [0.25, 0.3) is 11.1 Å². The van der Waals surface area contributed by atoms with Gasteiger partial charge in [-0.05, 0) is 42.8 Å². The van der Waals surface area contributed by atoms with Crippen molar-refractivity contribution in [3.8, 4) is 17.1 Å². The van der Waals surface area contributed by atoms with Gasteiger partial charge in [0.15, 0.2) is 0 Å². The molecule has 4 aromatic rings. The monoisotopic (exact) mass is 418 g/mol. The standard InChI is InChI=1S/C23H22N4O4/c1-14-20(22(29)26(24-14)17-7-4-6-16(10-17)13-28)12-21-15(2)25-27(23(21)30)18-8-5-9-19(11-18)31-3/h4-12,24-25,28H,1,13H2,2-3H3/b20-12+. The average molecular weight is 418 g/mol. The number of rotatable bonds is 5. The van der Waals surface area contributed by atoms with E-state index in [1.807, 2.05) is 0 Å². The number of aliphatic hydroxyl groups is 1. The molecule has 2 heterocycles. The van der Waals surface area contributed by atoms with Crippen LogP contribution in [0.25, 0.3) is 24.0 Å². The summed E-state index contributed by atoms with van der Waals surface area (Å²) in [7, 11) is 1.56. The van der Waals surface area contributed by atoms with E-state index in [2.05, 4.69) is 16.8 Å². The van der Waals surface area contributed by atoms with Gasteiger partial charge in [0.2, 0.25) is 0 Å². The minimum Gasteiger partial charge on any atom is -0.497 e. The highest BCUT2D eigenvalue weighted by atomic mass is 16.5. The van der Waals surface area contributed by atoms with E-state index >= 15 is 0 Å². The number of ether oxygens (including phenoxy) is 1. The lowest BCUT2D eigenvalue weighted by Crippen LogP contribution is -2.34. The van der Waals surface area contributed by atoms with E-state index in [0.29, 0.717) is 39.3 Å². The molecule has 0 spiro atoms. The molecule has 4 rings (SSSR count). The van der Waals surface area contributed by atoms with Gasteiger partial charge in [-0.15, -0.1) is 0 Å². The van der Waals surface area contributed by atoms with Crippen LogP contribution >= 0.6 is 0 Å². The minimum atomic E-state index is -0.340. The van der Waals surface area contributed by atoms with E-state index < -0.39 is 0 Å². The van der Waals surface area contributed by atoms with Crippen molar-refractivity contribution in [2.24, 2.45) is 0 Å². The van der Waals surface area contributed by atoms with Crippen molar-refractivity contribution in [2.75, 3.05) is 7.11 Å². The number of nitrogens with zero attached hydrogens (tertiary/aromatic N) is 2. The third-order valence-corrected chi connectivity index (χ3v) is 5.07. The Hall–Kier alpha value is -4.04. The Balaban J connectivity index is 1.86. The quantitative estimate of drug-likeness (QED) is 0.444. The van der Waals surface area contributed by atoms with Crippen molar-refractivity contribution < 1.29 is 9.84 Å². The topological polar surface area (TPSA) is 105 Å². The van der Waals surface area contributed by atoms with Gasteiger partial charge in [-0.25, -0.2) is 9.36 Å². The van der Waals surface area contributed by atoms with Gasteiger partial charge in [-0.1, -0.05) is 24.8 Å². The van der Waals surface area contributed by atoms with Gasteiger partial charge in [-0.2, -0.15) is 0 Å². The van der Waals surface area contributed by atoms with E-state index in [4.69, 9.17) is 4.74 Å². The second-order valence-corrected chi connectivity index (χ2v) is 7.11. The number of aryl methyl sites for hydroxylation is 1. The summed E-state index contributed by atoms with van der Waals surface area (Å²) in [5.74, 6) is 0.626. The van der Waals surface area contributed by atoms with Crippen LogP contribution in [0.1, 0.15) is 16.8 Å². The molecule has 2 aromatic carbocycles. The van der Waals surface area contributed by atoms with Gasteiger partial charge < -0.3 is 9.84 Å². The summed E-state index contributed by atoms with van der Waals surface area (Å²) >= 11 is 0. The highest BCUT2D eigenvalue weighted by Gasteiger charge is 2.13. The van der Waals surface area contributed by atoms with Crippen molar-refractivity contribution in [1.29, 1.82) is 0 Å². The first-order valence-corrected chi connectivity index (χ1v) is 9.61. The summed E-state index contributed by atoms with van der Waals surface area (Å²) in [5.41, 5.74) is 2.21. The van der Waals surface area contributed by atoms with E-state index in [1.54, 1.807) is 68.6 Å². The summed E-state index contributed by atoms with van der Waals surface area (Å²) < 4.78 is 7.98. The maximum absolute atomic E-state index is 13.1. The largest absolute Gasteiger partial charge is 0.497 e. The molecule has 0 fully saturated rings. The van der Waals surface area contributed by atoms with Crippen LogP contribution in [0.2, 0.25) is 0 Å². The predicted molar refractivity (Wildman–Crippen MR) is 118 cm³/mol. The Bertz CT molecular complexity index is 1490. The van der Waals surface area contributed by atoms with Crippen LogP contribution in [0.5, 0.6) is 5.75 Å². The number of aromatic nitrogens is 4. The average Bonchev–Trinajstić information content (AvgIpc) is 3.24. The highest BCUT2D eigenvalue weighted by molar-refractivity contribution is 5.52. The van der Waals surface area contributed by atoms with Crippen LogP contribution in [-0.4, -0.2) is 31.8 Å². The Morgan fingerprint density at radius 3 is 2.42 bits per heavy atom. The smallest absolute Gasteiger partial charge is 0.279 e. The molecule has 2 aromatic heterocycles. The van der Waals surface area contributed by atoms with Crippen molar-refractivity contribution in [2.45, 2.75) is 13.5 Å². The molecule has 0 amide bonds. The number of nitrogens with one attached hydrogen (secondary N) is 2. The van der Waals surface area contributed by atoms with Crippen molar-refractivity contribution in [3.63, 3.8) is 0 Å². The molecule has 0 saturated heterocycles. The second-order valence-electron chi connectivity index (χ2n) is 7.11. The SMILES string of the molecule is C=c1[nH]n(-c2cccc(CO)c2)c(=O)/c1=C/c1c(C)[nH]n(-c2cccc(OC)c2)c1=O. The molecule has 0 atom stereocenters. The number of H-pyrrole nitrogens is 2. The number of hydrogen-bond acceptors (Lipinski definition) is 4. The third-order valence-electron chi connectivity index (χ3n) is 5.07. The Labute approximate surface area is 176 Å². The third kappa shape index (κ3) is 3.64. The van der Waals surface area contributed by atoms with Crippen LogP contribution in [0.3, 0.4) is 0 Å². The lowest BCUT2D eigenvalue weighted by molar-refractivity contribution is 0.282. The fourth-order valence-corrected chi connectivity index (χ4v) is 3.43. The molecule has 0 aliphatic carbocycles. The van der Waals surface area contributed by atoms with E-state index in [1.165, 1.54) is 9.36 Å². The van der Waals surface area contributed by atoms with E-state index in [9.17, 15) is 14.7 Å². The lowest BCUT2D eigenvalue weighted by atomic mass is 10.2. The maximum Gasteiger partial charge on any atom is 0.279 e. The summed E-state index contributed by atoms with van der Waals surface area (Å²) in [6, 6.07) is 14.1. The summed E-state index contributed by atoms with van der Waals surface area (Å²) in [4.78, 5) is 26.1. The molecule has 0 bridgehead atoms. The number of aliphatic hydroxyl groups excluding tert-OH is 1. The molecule has 0 unspecified atom stereocenters. The van der Waals surface area contributed by atoms with Gasteiger partial charge in [-0.3, -0.25) is 19.8 Å². The fourth-order valence-electron chi connectivity index (χ4n) is 3.43. The number of aromatic amines is 2. The highest BCUT2D eigenvalue weighted by Crippen LogP contribution is 2.15. The zero-order valence-electron chi connectivity index (χ0n) is 17.2. The summed E-state index contributed by atoms with van der Waals surface area (Å²) in [6.45, 7) is 5.55. The van der Waals surface area contributed by atoms with Crippen molar-refractivity contribution in [3.05, 3.63) is 96.6 Å². The van der Waals surface area contributed by atoms with Gasteiger partial charge in [0, 0.05) is 11.8 Å². The van der Waals surface area contributed by atoms with Crippen LogP contribution < -0.4 is 26.4 Å². The Kier molecular flexibility index (Phi) is 5.22. The molecule has 31 heavy (non-hydrogen) atoms. The zero-order valence-corrected chi connectivity index (χ0v) is 17.2. The summed E-state index contributed by atoms with van der Waals surface area (Å²) in [5, 5.41) is 16.0. The Morgan fingerprint density at radius 1 is 1.03 bits per heavy atom. The molecule has 8 nitrogen and oxygen atoms in total. The van der Waals surface area contributed by atoms with Crippen molar-refractivity contribution in [1.82, 2.24) is 19.6 Å². The van der Waals surface area contributed by atoms with Crippen molar-refractivity contribution >= 4 is 12.7 Å². The molecule has 0 radical (unpaired) electrons. The Morgan fingerprint density at radius 2 is 1.71 bits per heavy atom. The molecule has 0 aliphatic rings. The van der Waals surface area contributed by atoms with Crippen LogP contribution in [0, 0.1) is 6.92 Å². The zero-order chi connectivity index (χ0) is 22.1. The number of benzene rings is 2. The molecular weight excluding hydrogens is 396 g/mol. The molecule has 158 valence electrons. The van der Waals surface area contributed by atoms with Crippen LogP contribution in [0.15, 0.2) is 58.1 Å². The van der Waals surface area contributed by atoms with E-state index in [0.717, 1.165) is 0 Å². The summed E-state index contributed by atoms with van der Waals surface area (Å²) in [6.07, 6.45) is 1.54. The fraction of sp³-hybridized carbons (Fsp3) is 0.130. The van der Waals surface area contributed by atoms with Crippen LogP contribution in [-0.2, 0) is 6.61 Å². The minimum absolute atomic E-state index is 0.133. The first kappa shape index (κ1) is 20.2. The number of methoxy groups -OCH3 is 1. The first-order valence-electron chi connectivity index (χ1n) is 9.61. The lowest BCUT2D eigenvalue weighted by Gasteiger charge is -2.04.